The first-order valence-electron chi connectivity index (χ1n) is 4.50. The minimum absolute atomic E-state index is 0.455. The van der Waals surface area contributed by atoms with Crippen LogP contribution in [-0.2, 0) is 0 Å². The number of rotatable bonds is 2. The van der Waals surface area contributed by atoms with Crippen LogP contribution in [0.1, 0.15) is 11.4 Å². The molecule has 0 aliphatic rings. The van der Waals surface area contributed by atoms with Crippen LogP contribution in [0, 0.1) is 13.8 Å². The maximum Gasteiger partial charge on any atom is 0.198 e. The lowest BCUT2D eigenvalue weighted by atomic mass is 10.2. The van der Waals surface area contributed by atoms with E-state index in [-0.39, 0.29) is 0 Å². The second-order valence-corrected chi connectivity index (χ2v) is 3.46. The Bertz CT molecular complexity index is 365. The molecular formula is C8H12BN4-. The van der Waals surface area contributed by atoms with Gasteiger partial charge < -0.3 is 9.19 Å². The first-order chi connectivity index (χ1) is 6.24. The summed E-state index contributed by atoms with van der Waals surface area (Å²) in [6.07, 6.45) is 4.01. The standard InChI is InChI=1S/C8H12BN4/c1-7-3-5-12(10-7)9-13-6-4-8(2)11-13/h3-6H,9H2,1-2H3/q-1. The van der Waals surface area contributed by atoms with Gasteiger partial charge in [0.25, 0.3) is 0 Å². The van der Waals surface area contributed by atoms with Crippen LogP contribution in [0.2, 0.25) is 0 Å². The van der Waals surface area contributed by atoms with Crippen LogP contribution in [0.25, 0.3) is 0 Å². The highest BCUT2D eigenvalue weighted by atomic mass is 15.3. The van der Waals surface area contributed by atoms with Crippen molar-refractivity contribution in [1.82, 2.24) is 19.4 Å². The van der Waals surface area contributed by atoms with Crippen LogP contribution in [0.3, 0.4) is 0 Å². The van der Waals surface area contributed by atoms with Crippen LogP contribution in [0.5, 0.6) is 0 Å². The molecule has 0 unspecified atom stereocenters. The predicted octanol–water partition coefficient (Wildman–Crippen LogP) is 0.0916. The van der Waals surface area contributed by atoms with Crippen molar-refractivity contribution in [2.45, 2.75) is 13.8 Å². The smallest absolute Gasteiger partial charge is 0.198 e. The zero-order chi connectivity index (χ0) is 9.26. The van der Waals surface area contributed by atoms with Gasteiger partial charge in [-0.05, 0) is 38.4 Å². The molecule has 0 atom stereocenters. The molecule has 2 heterocycles. The van der Waals surface area contributed by atoms with E-state index in [1.807, 2.05) is 47.6 Å². The van der Waals surface area contributed by atoms with Crippen molar-refractivity contribution in [2.24, 2.45) is 0 Å². The molecule has 0 aliphatic carbocycles. The fourth-order valence-corrected chi connectivity index (χ4v) is 1.50. The largest absolute Gasteiger partial charge is 0.428 e. The molecule has 13 heavy (non-hydrogen) atoms. The third-order valence-corrected chi connectivity index (χ3v) is 2.10. The molecule has 0 amide bonds. The zero-order valence-electron chi connectivity index (χ0n) is 8.10. The van der Waals surface area contributed by atoms with Crippen molar-refractivity contribution in [2.75, 3.05) is 0 Å². The molecule has 0 aliphatic heterocycles. The molecule has 0 N–H and O–H groups in total. The number of aryl methyl sites for hydroxylation is 2. The van der Waals surface area contributed by atoms with Gasteiger partial charge in [0.1, 0.15) is 0 Å². The third-order valence-electron chi connectivity index (χ3n) is 2.10. The molecule has 2 rings (SSSR count). The lowest BCUT2D eigenvalue weighted by Gasteiger charge is -2.09. The van der Waals surface area contributed by atoms with Gasteiger partial charge in [-0.3, -0.25) is 0 Å². The molecule has 0 saturated heterocycles. The van der Waals surface area contributed by atoms with Crippen LogP contribution in [0.15, 0.2) is 24.5 Å². The van der Waals surface area contributed by atoms with Gasteiger partial charge in [-0.1, -0.05) is 0 Å². The highest BCUT2D eigenvalue weighted by Gasteiger charge is 1.91. The van der Waals surface area contributed by atoms with E-state index in [1.165, 1.54) is 0 Å². The van der Waals surface area contributed by atoms with E-state index >= 15 is 0 Å². The van der Waals surface area contributed by atoms with E-state index in [0.29, 0.717) is 0 Å². The quantitative estimate of drug-likeness (QED) is 0.606. The third kappa shape index (κ3) is 1.80. The summed E-state index contributed by atoms with van der Waals surface area (Å²) in [5.41, 5.74) is 2.13. The van der Waals surface area contributed by atoms with Gasteiger partial charge >= 0.3 is 0 Å². The molecule has 0 fully saturated rings. The zero-order valence-corrected chi connectivity index (χ0v) is 8.10. The van der Waals surface area contributed by atoms with Crippen LogP contribution in [-0.4, -0.2) is 26.9 Å². The highest BCUT2D eigenvalue weighted by Crippen LogP contribution is 1.93. The maximum absolute atomic E-state index is 4.33. The van der Waals surface area contributed by atoms with Crippen LogP contribution in [0.4, 0.5) is 0 Å². The van der Waals surface area contributed by atoms with E-state index in [2.05, 4.69) is 10.2 Å². The Morgan fingerprint density at radius 1 is 1.00 bits per heavy atom. The molecule has 4 nitrogen and oxygen atoms in total. The van der Waals surface area contributed by atoms with Crippen molar-refractivity contribution in [3.8, 4) is 0 Å². The van der Waals surface area contributed by atoms with E-state index in [1.54, 1.807) is 0 Å². The predicted molar refractivity (Wildman–Crippen MR) is 53.3 cm³/mol. The molecule has 0 spiro atoms. The van der Waals surface area contributed by atoms with Crippen LogP contribution < -0.4 is 0 Å². The van der Waals surface area contributed by atoms with Crippen molar-refractivity contribution in [3.05, 3.63) is 35.9 Å². The van der Waals surface area contributed by atoms with Gasteiger partial charge in [-0.25, -0.2) is 10.2 Å². The van der Waals surface area contributed by atoms with E-state index in [9.17, 15) is 0 Å². The van der Waals surface area contributed by atoms with Crippen molar-refractivity contribution < 1.29 is 0 Å². The first kappa shape index (κ1) is 8.10. The van der Waals surface area contributed by atoms with E-state index in [4.69, 9.17) is 0 Å². The van der Waals surface area contributed by atoms with Crippen molar-refractivity contribution in [3.63, 3.8) is 0 Å². The summed E-state index contributed by atoms with van der Waals surface area (Å²) in [6.45, 7) is 3.99. The Morgan fingerprint density at radius 3 is 1.77 bits per heavy atom. The Morgan fingerprint density at radius 2 is 1.46 bits per heavy atom. The molecule has 2 aromatic heterocycles. The number of hydrogen-bond acceptors (Lipinski definition) is 2. The average molecular weight is 175 g/mol. The van der Waals surface area contributed by atoms with Gasteiger partial charge in [0.2, 0.25) is 0 Å². The Balaban J connectivity index is 2.14. The Kier molecular flexibility index (Phi) is 1.92. The summed E-state index contributed by atoms with van der Waals surface area (Å²) >= 11 is 0. The fraction of sp³-hybridized carbons (Fsp3) is 0.250. The van der Waals surface area contributed by atoms with Gasteiger partial charge in [0.05, 0.1) is 11.4 Å². The van der Waals surface area contributed by atoms with Crippen LogP contribution >= 0.6 is 0 Å². The molecular weight excluding hydrogens is 163 g/mol. The normalized spacial score (nSPS) is 10.6. The minimum Gasteiger partial charge on any atom is -0.428 e. The molecule has 2 aromatic rings. The monoisotopic (exact) mass is 175 g/mol. The number of aromatic nitrogens is 4. The number of nitrogens with zero attached hydrogens (tertiary/aromatic N) is 4. The molecule has 0 radical (unpaired) electrons. The minimum atomic E-state index is -0.455. The van der Waals surface area contributed by atoms with Gasteiger partial charge in [-0.15, -0.1) is 0 Å². The lowest BCUT2D eigenvalue weighted by Crippen LogP contribution is -2.17. The SMILES string of the molecule is Cc1ccn([BH2-]n2ccc(C)n2)n1. The Labute approximate surface area is 77.5 Å². The molecule has 68 valence electrons. The summed E-state index contributed by atoms with van der Waals surface area (Å²) < 4.78 is 3.98. The maximum atomic E-state index is 4.33. The summed E-state index contributed by atoms with van der Waals surface area (Å²) in [5, 5.41) is 8.65. The molecule has 0 bridgehead atoms. The lowest BCUT2D eigenvalue weighted by molar-refractivity contribution is 0.865. The summed E-state index contributed by atoms with van der Waals surface area (Å²) in [4.78, 5) is 0. The molecule has 0 saturated carbocycles. The molecule has 5 heteroatoms. The second-order valence-electron chi connectivity index (χ2n) is 3.46. The average Bonchev–Trinajstić information content (AvgIpc) is 2.62. The molecule has 0 aromatic carbocycles. The van der Waals surface area contributed by atoms with Crippen molar-refractivity contribution >= 4 is 7.55 Å². The van der Waals surface area contributed by atoms with E-state index < -0.39 is 7.55 Å². The second kappa shape index (κ2) is 3.09. The fourth-order valence-electron chi connectivity index (χ4n) is 1.50. The van der Waals surface area contributed by atoms with Crippen molar-refractivity contribution in [1.29, 1.82) is 0 Å². The summed E-state index contributed by atoms with van der Waals surface area (Å²) in [7, 11) is -0.455. The topological polar surface area (TPSA) is 35.6 Å². The van der Waals surface area contributed by atoms with E-state index in [0.717, 1.165) is 11.4 Å². The van der Waals surface area contributed by atoms with Gasteiger partial charge in [0, 0.05) is 0 Å². The summed E-state index contributed by atoms with van der Waals surface area (Å²) in [5.74, 6) is 0. The number of hydrogen-bond donors (Lipinski definition) is 0. The first-order valence-corrected chi connectivity index (χ1v) is 4.50. The van der Waals surface area contributed by atoms with Gasteiger partial charge in [-0.2, -0.15) is 0 Å². The summed E-state index contributed by atoms with van der Waals surface area (Å²) in [6, 6.07) is 4.03. The Hall–Kier alpha value is -1.52. The highest BCUT2D eigenvalue weighted by molar-refractivity contribution is 6.30. The van der Waals surface area contributed by atoms with Gasteiger partial charge in [0.15, 0.2) is 7.55 Å².